The molecule has 0 aliphatic heterocycles. The van der Waals surface area contributed by atoms with Crippen molar-refractivity contribution in [1.29, 1.82) is 0 Å². The summed E-state index contributed by atoms with van der Waals surface area (Å²) in [7, 11) is 0. The fourth-order valence-electron chi connectivity index (χ4n) is 1.86. The van der Waals surface area contributed by atoms with E-state index in [-0.39, 0.29) is 5.91 Å². The molecule has 3 aromatic rings. The van der Waals surface area contributed by atoms with E-state index in [0.29, 0.717) is 17.1 Å². The molecule has 0 atom stereocenters. The lowest BCUT2D eigenvalue weighted by Gasteiger charge is -2.05. The van der Waals surface area contributed by atoms with Crippen LogP contribution < -0.4 is 5.32 Å². The third-order valence-electron chi connectivity index (χ3n) is 2.97. The number of carbonyl (C=O) groups is 1. The maximum atomic E-state index is 12.8. The Morgan fingerprint density at radius 1 is 1.00 bits per heavy atom. The largest absolute Gasteiger partial charge is 0.305 e. The molecule has 0 saturated heterocycles. The average Bonchev–Trinajstić information content (AvgIpc) is 2.57. The van der Waals surface area contributed by atoms with Gasteiger partial charge in [-0.3, -0.25) is 9.78 Å². The van der Waals surface area contributed by atoms with Gasteiger partial charge in [0.25, 0.3) is 5.91 Å². The molecule has 5 nitrogen and oxygen atoms in total. The lowest BCUT2D eigenvalue weighted by atomic mass is 10.2. The van der Waals surface area contributed by atoms with Crippen LogP contribution in [0.5, 0.6) is 0 Å². The molecule has 0 bridgehead atoms. The molecule has 6 heteroatoms. The monoisotopic (exact) mass is 294 g/mol. The van der Waals surface area contributed by atoms with Gasteiger partial charge in [-0.1, -0.05) is 0 Å². The SMILES string of the molecule is O=C(Nc1ccc(-c2cccnc2)nn1)c1ccc(F)cc1. The summed E-state index contributed by atoms with van der Waals surface area (Å²) < 4.78 is 12.8. The van der Waals surface area contributed by atoms with Crippen molar-refractivity contribution in [1.82, 2.24) is 15.2 Å². The molecule has 0 fully saturated rings. The molecule has 2 aromatic heterocycles. The average molecular weight is 294 g/mol. The number of hydrogen-bond acceptors (Lipinski definition) is 4. The van der Waals surface area contributed by atoms with E-state index in [1.165, 1.54) is 24.3 Å². The Morgan fingerprint density at radius 2 is 1.82 bits per heavy atom. The fourth-order valence-corrected chi connectivity index (χ4v) is 1.86. The van der Waals surface area contributed by atoms with Crippen LogP contribution in [0.15, 0.2) is 60.9 Å². The topological polar surface area (TPSA) is 67.8 Å². The van der Waals surface area contributed by atoms with Gasteiger partial charge in [0.05, 0.1) is 5.69 Å². The van der Waals surface area contributed by atoms with Gasteiger partial charge in [0.1, 0.15) is 5.82 Å². The highest BCUT2D eigenvalue weighted by molar-refractivity contribution is 6.03. The van der Waals surface area contributed by atoms with Gasteiger partial charge in [-0.15, -0.1) is 10.2 Å². The van der Waals surface area contributed by atoms with Crippen molar-refractivity contribution < 1.29 is 9.18 Å². The summed E-state index contributed by atoms with van der Waals surface area (Å²) in [5.74, 6) is -0.442. The molecular formula is C16H11FN4O. The van der Waals surface area contributed by atoms with E-state index in [0.717, 1.165) is 5.56 Å². The summed E-state index contributed by atoms with van der Waals surface area (Å²) >= 11 is 0. The van der Waals surface area contributed by atoms with E-state index in [4.69, 9.17) is 0 Å². The van der Waals surface area contributed by atoms with Gasteiger partial charge in [0, 0.05) is 23.5 Å². The van der Waals surface area contributed by atoms with Gasteiger partial charge in [-0.05, 0) is 48.5 Å². The Labute approximate surface area is 125 Å². The summed E-state index contributed by atoms with van der Waals surface area (Å²) in [6, 6.07) is 12.3. The lowest BCUT2D eigenvalue weighted by Crippen LogP contribution is -2.13. The number of pyridine rings is 1. The number of benzene rings is 1. The number of halogens is 1. The number of aromatic nitrogens is 3. The second kappa shape index (κ2) is 6.09. The fraction of sp³-hybridized carbons (Fsp3) is 0. The van der Waals surface area contributed by atoms with Gasteiger partial charge in [-0.2, -0.15) is 0 Å². The first kappa shape index (κ1) is 13.8. The second-order valence-corrected chi connectivity index (χ2v) is 4.51. The van der Waals surface area contributed by atoms with Crippen LogP contribution in [-0.2, 0) is 0 Å². The maximum Gasteiger partial charge on any atom is 0.256 e. The van der Waals surface area contributed by atoms with E-state index in [1.54, 1.807) is 30.6 Å². The van der Waals surface area contributed by atoms with Crippen LogP contribution >= 0.6 is 0 Å². The summed E-state index contributed by atoms with van der Waals surface area (Å²) in [5.41, 5.74) is 1.85. The summed E-state index contributed by atoms with van der Waals surface area (Å²) in [6.45, 7) is 0. The molecule has 22 heavy (non-hydrogen) atoms. The Kier molecular flexibility index (Phi) is 3.82. The number of nitrogens with zero attached hydrogens (tertiary/aromatic N) is 3. The van der Waals surface area contributed by atoms with Crippen molar-refractivity contribution in [2.45, 2.75) is 0 Å². The molecule has 108 valence electrons. The minimum atomic E-state index is -0.392. The minimum absolute atomic E-state index is 0.321. The van der Waals surface area contributed by atoms with Crippen molar-refractivity contribution in [3.05, 3.63) is 72.3 Å². The first-order chi connectivity index (χ1) is 10.7. The number of rotatable bonds is 3. The number of nitrogens with one attached hydrogen (secondary N) is 1. The molecule has 0 spiro atoms. The molecule has 0 unspecified atom stereocenters. The Morgan fingerprint density at radius 3 is 2.45 bits per heavy atom. The highest BCUT2D eigenvalue weighted by Gasteiger charge is 2.08. The van der Waals surface area contributed by atoms with Gasteiger partial charge < -0.3 is 5.32 Å². The van der Waals surface area contributed by atoms with Crippen LogP contribution in [0.3, 0.4) is 0 Å². The minimum Gasteiger partial charge on any atom is -0.305 e. The third kappa shape index (κ3) is 3.12. The van der Waals surface area contributed by atoms with Gasteiger partial charge >= 0.3 is 0 Å². The number of anilines is 1. The molecule has 1 aromatic carbocycles. The molecule has 0 radical (unpaired) electrons. The van der Waals surface area contributed by atoms with Crippen LogP contribution in [-0.4, -0.2) is 21.1 Å². The molecule has 3 rings (SSSR count). The number of hydrogen-bond donors (Lipinski definition) is 1. The smallest absolute Gasteiger partial charge is 0.256 e. The maximum absolute atomic E-state index is 12.8. The van der Waals surface area contributed by atoms with Crippen molar-refractivity contribution >= 4 is 11.7 Å². The van der Waals surface area contributed by atoms with Gasteiger partial charge in [-0.25, -0.2) is 4.39 Å². The molecule has 0 aliphatic rings. The Bertz CT molecular complexity index is 774. The zero-order valence-electron chi connectivity index (χ0n) is 11.4. The predicted octanol–water partition coefficient (Wildman–Crippen LogP) is 2.93. The van der Waals surface area contributed by atoms with Crippen LogP contribution in [0.2, 0.25) is 0 Å². The molecule has 1 N–H and O–H groups in total. The number of carbonyl (C=O) groups excluding carboxylic acids is 1. The summed E-state index contributed by atoms with van der Waals surface area (Å²) in [4.78, 5) is 16.0. The molecule has 0 saturated carbocycles. The molecular weight excluding hydrogens is 283 g/mol. The summed E-state index contributed by atoms with van der Waals surface area (Å²) in [5, 5.41) is 10.6. The van der Waals surface area contributed by atoms with Gasteiger partial charge in [0.15, 0.2) is 5.82 Å². The first-order valence-electron chi connectivity index (χ1n) is 6.53. The zero-order valence-corrected chi connectivity index (χ0v) is 11.4. The normalized spacial score (nSPS) is 10.2. The Balaban J connectivity index is 1.73. The lowest BCUT2D eigenvalue weighted by molar-refractivity contribution is 0.102. The van der Waals surface area contributed by atoms with Crippen LogP contribution in [0.25, 0.3) is 11.3 Å². The van der Waals surface area contributed by atoms with Crippen molar-refractivity contribution in [2.75, 3.05) is 5.32 Å². The van der Waals surface area contributed by atoms with Crippen LogP contribution in [0.1, 0.15) is 10.4 Å². The van der Waals surface area contributed by atoms with Crippen molar-refractivity contribution in [3.63, 3.8) is 0 Å². The van der Waals surface area contributed by atoms with E-state index >= 15 is 0 Å². The van der Waals surface area contributed by atoms with E-state index in [1.807, 2.05) is 6.07 Å². The first-order valence-corrected chi connectivity index (χ1v) is 6.53. The highest BCUT2D eigenvalue weighted by atomic mass is 19.1. The number of amides is 1. The second-order valence-electron chi connectivity index (χ2n) is 4.51. The van der Waals surface area contributed by atoms with E-state index < -0.39 is 5.82 Å². The van der Waals surface area contributed by atoms with E-state index in [2.05, 4.69) is 20.5 Å². The molecule has 2 heterocycles. The van der Waals surface area contributed by atoms with E-state index in [9.17, 15) is 9.18 Å². The third-order valence-corrected chi connectivity index (χ3v) is 2.97. The quantitative estimate of drug-likeness (QED) is 0.806. The standard InChI is InChI=1S/C16H11FN4O/c17-13-5-3-11(4-6-13)16(22)19-15-8-7-14(20-21-15)12-2-1-9-18-10-12/h1-10H,(H,19,21,22). The van der Waals surface area contributed by atoms with Crippen molar-refractivity contribution in [3.8, 4) is 11.3 Å². The zero-order chi connectivity index (χ0) is 15.4. The van der Waals surface area contributed by atoms with Crippen molar-refractivity contribution in [2.24, 2.45) is 0 Å². The predicted molar refractivity (Wildman–Crippen MR) is 79.6 cm³/mol. The van der Waals surface area contributed by atoms with Crippen LogP contribution in [0.4, 0.5) is 10.2 Å². The highest BCUT2D eigenvalue weighted by Crippen LogP contribution is 2.15. The van der Waals surface area contributed by atoms with Gasteiger partial charge in [0.2, 0.25) is 0 Å². The summed E-state index contributed by atoms with van der Waals surface area (Å²) in [6.07, 6.45) is 3.36. The van der Waals surface area contributed by atoms with Crippen LogP contribution in [0, 0.1) is 5.82 Å². The molecule has 1 amide bonds. The molecule has 0 aliphatic carbocycles. The Hall–Kier alpha value is -3.15.